The van der Waals surface area contributed by atoms with E-state index in [1.165, 1.54) is 77.0 Å². The molecule has 0 spiro atoms. The van der Waals surface area contributed by atoms with Gasteiger partial charge >= 0.3 is 5.97 Å². The lowest BCUT2D eigenvalue weighted by molar-refractivity contribution is 0.0734. The number of nitrogens with zero attached hydrogens (tertiary/aromatic N) is 1. The van der Waals surface area contributed by atoms with Gasteiger partial charge in [0.25, 0.3) is 0 Å². The monoisotopic (exact) mass is 561 g/mol. The highest BCUT2D eigenvalue weighted by Crippen LogP contribution is 2.36. The Morgan fingerprint density at radius 3 is 2.22 bits per heavy atom. The summed E-state index contributed by atoms with van der Waals surface area (Å²) in [7, 11) is 0. The highest BCUT2D eigenvalue weighted by molar-refractivity contribution is 5.91. The zero-order valence-corrected chi connectivity index (χ0v) is 25.7. The third-order valence-corrected chi connectivity index (χ3v) is 8.40. The maximum absolute atomic E-state index is 12.8. The molecule has 5 heteroatoms. The largest absolute Gasteiger partial charge is 0.494 e. The Bertz CT molecular complexity index is 1070. The quantitative estimate of drug-likeness (QED) is 0.103. The molecule has 3 atom stereocenters. The first-order valence-electron chi connectivity index (χ1n) is 16.2. The van der Waals surface area contributed by atoms with Crippen molar-refractivity contribution in [3.63, 3.8) is 0 Å². The maximum atomic E-state index is 12.8. The number of nitriles is 1. The zero-order valence-electron chi connectivity index (χ0n) is 25.7. The second kappa shape index (κ2) is 18.4. The van der Waals surface area contributed by atoms with E-state index in [9.17, 15) is 10.1 Å². The lowest BCUT2D eigenvalue weighted by Crippen LogP contribution is -2.20. The van der Waals surface area contributed by atoms with Crippen LogP contribution >= 0.6 is 0 Å². The molecule has 0 aliphatic heterocycles. The molecule has 1 aliphatic carbocycles. The van der Waals surface area contributed by atoms with E-state index in [2.05, 4.69) is 19.9 Å². The molecular formula is C36H51NO4. The molecule has 41 heavy (non-hydrogen) atoms. The van der Waals surface area contributed by atoms with E-state index in [-0.39, 0.29) is 6.10 Å². The van der Waals surface area contributed by atoms with Gasteiger partial charge in [-0.05, 0) is 86.9 Å². The number of hydrogen-bond donors (Lipinski definition) is 0. The molecule has 1 saturated carbocycles. The molecule has 0 radical (unpaired) electrons. The Labute approximate surface area is 248 Å². The smallest absolute Gasteiger partial charge is 0.343 e. The molecule has 224 valence electrons. The van der Waals surface area contributed by atoms with Crippen molar-refractivity contribution in [2.24, 2.45) is 11.8 Å². The third-order valence-electron chi connectivity index (χ3n) is 8.40. The minimum absolute atomic E-state index is 0.0113. The summed E-state index contributed by atoms with van der Waals surface area (Å²) in [5.74, 6) is 2.98. The average molecular weight is 562 g/mol. The van der Waals surface area contributed by atoms with Gasteiger partial charge in [-0.2, -0.15) is 5.26 Å². The van der Waals surface area contributed by atoms with E-state index in [1.54, 1.807) is 30.3 Å². The van der Waals surface area contributed by atoms with Crippen molar-refractivity contribution in [3.05, 3.63) is 53.6 Å². The number of rotatable bonds is 18. The molecule has 1 aliphatic rings. The van der Waals surface area contributed by atoms with Gasteiger partial charge in [0.05, 0.1) is 23.8 Å². The van der Waals surface area contributed by atoms with Gasteiger partial charge in [0, 0.05) is 0 Å². The molecule has 2 aromatic rings. The molecule has 5 nitrogen and oxygen atoms in total. The Morgan fingerprint density at radius 2 is 1.54 bits per heavy atom. The van der Waals surface area contributed by atoms with Crippen LogP contribution in [0.3, 0.4) is 0 Å². The van der Waals surface area contributed by atoms with Crippen LogP contribution in [-0.4, -0.2) is 18.7 Å². The van der Waals surface area contributed by atoms with E-state index in [0.717, 1.165) is 36.8 Å². The van der Waals surface area contributed by atoms with Crippen molar-refractivity contribution >= 4 is 5.97 Å². The van der Waals surface area contributed by atoms with Gasteiger partial charge in [-0.1, -0.05) is 84.5 Å². The number of carbonyl (C=O) groups excluding carboxylic acids is 1. The number of hydrogen-bond acceptors (Lipinski definition) is 5. The van der Waals surface area contributed by atoms with Crippen molar-refractivity contribution < 1.29 is 19.0 Å². The molecule has 0 heterocycles. The molecule has 0 saturated heterocycles. The van der Waals surface area contributed by atoms with Gasteiger partial charge in [0.2, 0.25) is 0 Å². The third kappa shape index (κ3) is 11.4. The molecular weight excluding hydrogens is 510 g/mol. The maximum Gasteiger partial charge on any atom is 0.343 e. The van der Waals surface area contributed by atoms with Gasteiger partial charge in [-0.15, -0.1) is 0 Å². The first-order chi connectivity index (χ1) is 20.0. The number of carbonyl (C=O) groups is 1. The van der Waals surface area contributed by atoms with Crippen molar-refractivity contribution in [2.75, 3.05) is 6.61 Å². The molecule has 0 N–H and O–H groups in total. The molecule has 3 rings (SSSR count). The zero-order chi connectivity index (χ0) is 29.3. The normalized spacial score (nSPS) is 17.4. The lowest BCUT2D eigenvalue weighted by Gasteiger charge is -2.31. The standard InChI is InChI=1S/C36H51NO4/c1-4-6-8-10-14-28(3)40-35-24-19-31(26-32(35)27-37)36(38)41-34-22-20-33(21-23-34)39-25-13-18-30-17-12-11-16-29(30)15-9-7-5-2/h19-24,26,28-30H,4-18,25H2,1-3H3. The second-order valence-electron chi connectivity index (χ2n) is 11.8. The number of unbranched alkanes of at least 4 members (excludes halogenated alkanes) is 5. The molecule has 0 aromatic heterocycles. The van der Waals surface area contributed by atoms with Gasteiger partial charge in [0.15, 0.2) is 0 Å². The molecule has 2 aromatic carbocycles. The highest BCUT2D eigenvalue weighted by Gasteiger charge is 2.24. The van der Waals surface area contributed by atoms with Crippen molar-refractivity contribution in [1.82, 2.24) is 0 Å². The number of ether oxygens (including phenoxy) is 3. The van der Waals surface area contributed by atoms with Crippen LogP contribution in [0.15, 0.2) is 42.5 Å². The van der Waals surface area contributed by atoms with Crippen LogP contribution in [0.1, 0.15) is 133 Å². The summed E-state index contributed by atoms with van der Waals surface area (Å²) < 4.78 is 17.6. The SMILES string of the molecule is CCCCCCC(C)Oc1ccc(C(=O)Oc2ccc(OCCCC3CCCCC3CCCCC)cc2)cc1C#N. The topological polar surface area (TPSA) is 68.6 Å². The van der Waals surface area contributed by atoms with Gasteiger partial charge in [0.1, 0.15) is 23.3 Å². The lowest BCUT2D eigenvalue weighted by atomic mass is 9.74. The second-order valence-corrected chi connectivity index (χ2v) is 11.8. The molecule has 1 fully saturated rings. The van der Waals surface area contributed by atoms with Gasteiger partial charge < -0.3 is 14.2 Å². The minimum atomic E-state index is -0.504. The summed E-state index contributed by atoms with van der Waals surface area (Å²) >= 11 is 0. The number of esters is 1. The predicted molar refractivity (Wildman–Crippen MR) is 166 cm³/mol. The summed E-state index contributed by atoms with van der Waals surface area (Å²) in [4.78, 5) is 12.8. The first kappa shape index (κ1) is 32.5. The van der Waals surface area contributed by atoms with Crippen LogP contribution in [0.5, 0.6) is 17.2 Å². The Morgan fingerprint density at radius 1 is 0.878 bits per heavy atom. The van der Waals surface area contributed by atoms with Crippen LogP contribution in [0.25, 0.3) is 0 Å². The molecule has 3 unspecified atom stereocenters. The number of benzene rings is 2. The Hall–Kier alpha value is -3.00. The molecule has 0 amide bonds. The fraction of sp³-hybridized carbons (Fsp3) is 0.611. The average Bonchev–Trinajstić information content (AvgIpc) is 2.99. The van der Waals surface area contributed by atoms with E-state index < -0.39 is 5.97 Å². The van der Waals surface area contributed by atoms with Gasteiger partial charge in [-0.25, -0.2) is 4.79 Å². The summed E-state index contributed by atoms with van der Waals surface area (Å²) in [6.45, 7) is 7.20. The van der Waals surface area contributed by atoms with Gasteiger partial charge in [-0.3, -0.25) is 0 Å². The summed E-state index contributed by atoms with van der Waals surface area (Å²) in [5.41, 5.74) is 0.657. The summed E-state index contributed by atoms with van der Waals surface area (Å²) in [6, 6.07) is 14.2. The van der Waals surface area contributed by atoms with Crippen molar-refractivity contribution in [3.8, 4) is 23.3 Å². The first-order valence-corrected chi connectivity index (χ1v) is 16.2. The van der Waals surface area contributed by atoms with Crippen LogP contribution in [0.4, 0.5) is 0 Å². The van der Waals surface area contributed by atoms with E-state index in [1.807, 2.05) is 19.1 Å². The van der Waals surface area contributed by atoms with E-state index in [4.69, 9.17) is 14.2 Å². The van der Waals surface area contributed by atoms with Crippen LogP contribution in [-0.2, 0) is 0 Å². The predicted octanol–water partition coefficient (Wildman–Crippen LogP) is 10.1. The van der Waals surface area contributed by atoms with Crippen molar-refractivity contribution in [1.29, 1.82) is 5.26 Å². The van der Waals surface area contributed by atoms with Crippen LogP contribution < -0.4 is 14.2 Å². The summed E-state index contributed by atoms with van der Waals surface area (Å²) in [6.07, 6.45) is 19.0. The van der Waals surface area contributed by atoms with E-state index in [0.29, 0.717) is 29.2 Å². The van der Waals surface area contributed by atoms with Crippen LogP contribution in [0, 0.1) is 23.2 Å². The van der Waals surface area contributed by atoms with Crippen LogP contribution in [0.2, 0.25) is 0 Å². The minimum Gasteiger partial charge on any atom is -0.494 e. The Balaban J connectivity index is 1.43. The highest BCUT2D eigenvalue weighted by atomic mass is 16.5. The molecule has 0 bridgehead atoms. The van der Waals surface area contributed by atoms with Crippen molar-refractivity contribution in [2.45, 2.75) is 123 Å². The Kier molecular flexibility index (Phi) is 14.6. The fourth-order valence-corrected chi connectivity index (χ4v) is 5.99. The fourth-order valence-electron chi connectivity index (χ4n) is 5.99. The summed E-state index contributed by atoms with van der Waals surface area (Å²) in [5, 5.41) is 9.63. The van der Waals surface area contributed by atoms with E-state index >= 15 is 0 Å².